The Morgan fingerprint density at radius 2 is 1.00 bits per heavy atom. The summed E-state index contributed by atoms with van der Waals surface area (Å²) in [6.07, 6.45) is 0. The van der Waals surface area contributed by atoms with Crippen molar-refractivity contribution >= 4 is 11.4 Å². The Morgan fingerprint density at radius 1 is 0.667 bits per heavy atom. The van der Waals surface area contributed by atoms with Gasteiger partial charge < -0.3 is 4.90 Å². The third-order valence-electron chi connectivity index (χ3n) is 4.06. The first-order chi connectivity index (χ1) is 10.0. The van der Waals surface area contributed by atoms with Gasteiger partial charge in [-0.3, -0.25) is 0 Å². The molecule has 2 aromatic rings. The molecule has 0 amide bonds. The Morgan fingerprint density at radius 3 is 1.24 bits per heavy atom. The molecule has 0 aromatic heterocycles. The van der Waals surface area contributed by atoms with E-state index in [9.17, 15) is 0 Å². The van der Waals surface area contributed by atoms with E-state index in [1.165, 1.54) is 22.5 Å². The highest BCUT2D eigenvalue weighted by atomic mass is 15.1. The van der Waals surface area contributed by atoms with Gasteiger partial charge in [-0.25, -0.2) is 0 Å². The molecule has 0 spiro atoms. The molecule has 112 valence electrons. The van der Waals surface area contributed by atoms with E-state index in [0.29, 0.717) is 11.8 Å². The highest BCUT2D eigenvalue weighted by Gasteiger charge is 2.08. The van der Waals surface area contributed by atoms with Gasteiger partial charge in [0.05, 0.1) is 0 Å². The van der Waals surface area contributed by atoms with Crippen LogP contribution in [0.5, 0.6) is 0 Å². The van der Waals surface area contributed by atoms with Gasteiger partial charge >= 0.3 is 0 Å². The highest BCUT2D eigenvalue weighted by Crippen LogP contribution is 2.28. The average Bonchev–Trinajstić information content (AvgIpc) is 2.49. The van der Waals surface area contributed by atoms with Crippen LogP contribution in [0, 0.1) is 0 Å². The third kappa shape index (κ3) is 3.66. The molecule has 0 atom stereocenters. The Balaban J connectivity index is 2.26. The monoisotopic (exact) mass is 281 g/mol. The predicted molar refractivity (Wildman–Crippen MR) is 93.7 cm³/mol. The van der Waals surface area contributed by atoms with Crippen molar-refractivity contribution in [2.45, 2.75) is 46.5 Å². The summed E-state index contributed by atoms with van der Waals surface area (Å²) in [6.45, 7) is 12.1. The van der Waals surface area contributed by atoms with Gasteiger partial charge in [0.2, 0.25) is 0 Å². The normalized spacial score (nSPS) is 11.2. The van der Waals surface area contributed by atoms with Crippen LogP contribution in [0.25, 0.3) is 0 Å². The van der Waals surface area contributed by atoms with E-state index in [-0.39, 0.29) is 0 Å². The van der Waals surface area contributed by atoms with Gasteiger partial charge in [0.1, 0.15) is 0 Å². The molecule has 0 unspecified atom stereocenters. The quantitative estimate of drug-likeness (QED) is 0.641. The number of hydrogen-bond donors (Lipinski definition) is 0. The van der Waals surface area contributed by atoms with Gasteiger partial charge in [-0.05, 0) is 54.2 Å². The summed E-state index contributed by atoms with van der Waals surface area (Å²) in [5, 5.41) is 0. The van der Waals surface area contributed by atoms with Crippen molar-refractivity contribution in [2.75, 3.05) is 11.4 Å². The van der Waals surface area contributed by atoms with E-state index in [1.807, 2.05) is 0 Å². The first-order valence-electron chi connectivity index (χ1n) is 8.00. The fraction of sp³-hybridized carbons (Fsp3) is 0.400. The number of nitrogens with zero attached hydrogens (tertiary/aromatic N) is 1. The Bertz CT molecular complexity index is 498. The van der Waals surface area contributed by atoms with Gasteiger partial charge in [0, 0.05) is 17.9 Å². The van der Waals surface area contributed by atoms with Crippen LogP contribution >= 0.6 is 0 Å². The lowest BCUT2D eigenvalue weighted by Crippen LogP contribution is -2.16. The first-order valence-corrected chi connectivity index (χ1v) is 8.00. The Labute approximate surface area is 129 Å². The predicted octanol–water partition coefficient (Wildman–Crippen LogP) is 6.09. The van der Waals surface area contributed by atoms with Crippen molar-refractivity contribution in [3.05, 3.63) is 59.7 Å². The van der Waals surface area contributed by atoms with E-state index >= 15 is 0 Å². The highest BCUT2D eigenvalue weighted by molar-refractivity contribution is 5.63. The largest absolute Gasteiger partial charge is 0.342 e. The topological polar surface area (TPSA) is 3.24 Å². The molecular formula is C20H27N. The summed E-state index contributed by atoms with van der Waals surface area (Å²) in [7, 11) is 0. The number of rotatable bonds is 5. The van der Waals surface area contributed by atoms with Crippen molar-refractivity contribution in [1.82, 2.24) is 0 Å². The zero-order chi connectivity index (χ0) is 15.4. The van der Waals surface area contributed by atoms with E-state index in [0.717, 1.165) is 6.54 Å². The van der Waals surface area contributed by atoms with Crippen LogP contribution in [-0.2, 0) is 0 Å². The molecular weight excluding hydrogens is 254 g/mol. The van der Waals surface area contributed by atoms with Crippen molar-refractivity contribution < 1.29 is 0 Å². The second-order valence-corrected chi connectivity index (χ2v) is 6.24. The van der Waals surface area contributed by atoms with Crippen LogP contribution in [0.3, 0.4) is 0 Å². The van der Waals surface area contributed by atoms with Crippen molar-refractivity contribution in [1.29, 1.82) is 0 Å². The molecule has 0 radical (unpaired) electrons. The number of benzene rings is 2. The van der Waals surface area contributed by atoms with Crippen LogP contribution in [0.15, 0.2) is 48.5 Å². The molecule has 0 N–H and O–H groups in total. The molecule has 0 aliphatic carbocycles. The minimum Gasteiger partial charge on any atom is -0.342 e. The summed E-state index contributed by atoms with van der Waals surface area (Å²) >= 11 is 0. The van der Waals surface area contributed by atoms with Gasteiger partial charge in [0.25, 0.3) is 0 Å². The maximum Gasteiger partial charge on any atom is 0.0410 e. The molecule has 0 fully saturated rings. The molecule has 1 nitrogen and oxygen atoms in total. The lowest BCUT2D eigenvalue weighted by Gasteiger charge is -2.24. The number of anilines is 2. The fourth-order valence-corrected chi connectivity index (χ4v) is 2.59. The molecule has 0 bridgehead atoms. The summed E-state index contributed by atoms with van der Waals surface area (Å²) in [5.74, 6) is 1.17. The summed E-state index contributed by atoms with van der Waals surface area (Å²) in [4.78, 5) is 2.36. The maximum atomic E-state index is 2.36. The lowest BCUT2D eigenvalue weighted by molar-refractivity contribution is 0.864. The van der Waals surface area contributed by atoms with Crippen LogP contribution in [0.1, 0.15) is 57.6 Å². The van der Waals surface area contributed by atoms with E-state index in [4.69, 9.17) is 0 Å². The van der Waals surface area contributed by atoms with Gasteiger partial charge in [0.15, 0.2) is 0 Å². The van der Waals surface area contributed by atoms with Gasteiger partial charge in [-0.1, -0.05) is 52.0 Å². The van der Waals surface area contributed by atoms with Crippen LogP contribution < -0.4 is 4.90 Å². The maximum absolute atomic E-state index is 2.36. The van der Waals surface area contributed by atoms with E-state index in [1.54, 1.807) is 0 Å². The molecule has 21 heavy (non-hydrogen) atoms. The Hall–Kier alpha value is -1.76. The lowest BCUT2D eigenvalue weighted by atomic mass is 10.0. The first kappa shape index (κ1) is 15.6. The van der Waals surface area contributed by atoms with Crippen LogP contribution in [0.2, 0.25) is 0 Å². The minimum absolute atomic E-state index is 0.583. The molecule has 2 rings (SSSR count). The average molecular weight is 281 g/mol. The Kier molecular flexibility index (Phi) is 5.06. The van der Waals surface area contributed by atoms with Crippen molar-refractivity contribution in [3.63, 3.8) is 0 Å². The van der Waals surface area contributed by atoms with Gasteiger partial charge in [-0.2, -0.15) is 0 Å². The third-order valence-corrected chi connectivity index (χ3v) is 4.06. The molecule has 1 heteroatoms. The molecule has 0 saturated carbocycles. The van der Waals surface area contributed by atoms with Crippen LogP contribution in [-0.4, -0.2) is 6.54 Å². The molecule has 0 saturated heterocycles. The second kappa shape index (κ2) is 6.80. The SMILES string of the molecule is CCN(c1ccc(C(C)C)cc1)c1ccc(C(C)C)cc1. The zero-order valence-corrected chi connectivity index (χ0v) is 13.9. The van der Waals surface area contributed by atoms with E-state index < -0.39 is 0 Å². The molecule has 0 aliphatic rings. The minimum atomic E-state index is 0.583. The molecule has 0 aliphatic heterocycles. The van der Waals surface area contributed by atoms with Gasteiger partial charge in [-0.15, -0.1) is 0 Å². The zero-order valence-electron chi connectivity index (χ0n) is 13.9. The van der Waals surface area contributed by atoms with E-state index in [2.05, 4.69) is 88.0 Å². The molecule has 2 aromatic carbocycles. The molecule has 0 heterocycles. The fourth-order valence-electron chi connectivity index (χ4n) is 2.59. The standard InChI is InChI=1S/C20H27N/c1-6-21(19-11-7-17(8-12-19)15(2)3)20-13-9-18(10-14-20)16(4)5/h7-16H,6H2,1-5H3. The van der Waals surface area contributed by atoms with Crippen molar-refractivity contribution in [2.24, 2.45) is 0 Å². The van der Waals surface area contributed by atoms with Crippen LogP contribution in [0.4, 0.5) is 11.4 Å². The second-order valence-electron chi connectivity index (χ2n) is 6.24. The number of hydrogen-bond acceptors (Lipinski definition) is 1. The van der Waals surface area contributed by atoms with Crippen molar-refractivity contribution in [3.8, 4) is 0 Å². The summed E-state index contributed by atoms with van der Waals surface area (Å²) in [5.41, 5.74) is 5.31. The smallest absolute Gasteiger partial charge is 0.0410 e. The summed E-state index contributed by atoms with van der Waals surface area (Å²) < 4.78 is 0. The summed E-state index contributed by atoms with van der Waals surface area (Å²) in [6, 6.07) is 17.9.